The second-order valence-corrected chi connectivity index (χ2v) is 6.90. The summed E-state index contributed by atoms with van der Waals surface area (Å²) in [5, 5.41) is 23.3. The molecule has 2 aromatic carbocycles. The van der Waals surface area contributed by atoms with Crippen LogP contribution in [0.15, 0.2) is 60.0 Å². The Morgan fingerprint density at radius 1 is 1.11 bits per heavy atom. The Balaban J connectivity index is 1.96. The maximum Gasteiger partial charge on any atom is 0.335 e. The van der Waals surface area contributed by atoms with E-state index in [1.54, 1.807) is 17.5 Å². The molecule has 0 unspecified atom stereocenters. The summed E-state index contributed by atoms with van der Waals surface area (Å²) in [5.74, 6) is -1.50. The molecule has 0 saturated heterocycles. The lowest BCUT2D eigenvalue weighted by atomic mass is 9.99. The van der Waals surface area contributed by atoms with Crippen molar-refractivity contribution in [3.05, 3.63) is 81.5 Å². The minimum absolute atomic E-state index is 0.0000963. The highest BCUT2D eigenvalue weighted by molar-refractivity contribution is 7.11. The maximum atomic E-state index is 12.7. The summed E-state index contributed by atoms with van der Waals surface area (Å²) < 4.78 is 0. The summed E-state index contributed by atoms with van der Waals surface area (Å²) in [5.41, 5.74) is 2.34. The van der Waals surface area contributed by atoms with Gasteiger partial charge in [-0.05, 0) is 47.7 Å². The first kappa shape index (κ1) is 18.4. The van der Waals surface area contributed by atoms with Gasteiger partial charge in [0.15, 0.2) is 0 Å². The van der Waals surface area contributed by atoms with Crippen molar-refractivity contribution in [3.8, 4) is 17.2 Å². The minimum atomic E-state index is -1.13. The summed E-state index contributed by atoms with van der Waals surface area (Å²) in [6.45, 7) is 1.86. The van der Waals surface area contributed by atoms with Crippen LogP contribution in [-0.2, 0) is 0 Å². The van der Waals surface area contributed by atoms with Gasteiger partial charge in [0, 0.05) is 11.1 Å². The molecule has 1 amide bonds. The average molecular weight is 376 g/mol. The molecule has 2 N–H and O–H groups in total. The fourth-order valence-corrected chi connectivity index (χ4v) is 3.47. The molecular weight excluding hydrogens is 360 g/mol. The van der Waals surface area contributed by atoms with Crippen LogP contribution in [0.2, 0.25) is 0 Å². The van der Waals surface area contributed by atoms with Gasteiger partial charge in [0.25, 0.3) is 5.91 Å². The molecule has 0 spiro atoms. The molecular formula is C21H16N2O3S. The van der Waals surface area contributed by atoms with Crippen molar-refractivity contribution in [2.45, 2.75) is 13.0 Å². The number of aromatic carboxylic acids is 1. The standard InChI is InChI=1S/C21H16N2O3S/c1-13(14-5-3-2-4-6-14)23-20(24)16-9-15(10-17(11-16)21(25)26)18-7-8-27-19(18)12-22/h2-11,13H,1H3,(H,23,24)(H,25,26)/t13-/m1/s1. The molecule has 0 radical (unpaired) electrons. The molecule has 1 heterocycles. The van der Waals surface area contributed by atoms with E-state index >= 15 is 0 Å². The van der Waals surface area contributed by atoms with Crippen molar-refractivity contribution in [2.24, 2.45) is 0 Å². The van der Waals surface area contributed by atoms with Gasteiger partial charge in [-0.1, -0.05) is 30.3 Å². The number of nitrogens with one attached hydrogen (secondary N) is 1. The predicted molar refractivity (Wildman–Crippen MR) is 104 cm³/mol. The molecule has 3 aromatic rings. The van der Waals surface area contributed by atoms with E-state index in [2.05, 4.69) is 11.4 Å². The van der Waals surface area contributed by atoms with Gasteiger partial charge in [0.2, 0.25) is 0 Å². The number of carboxylic acid groups (broad SMARTS) is 1. The first-order valence-corrected chi connectivity index (χ1v) is 9.09. The number of carbonyl (C=O) groups excluding carboxylic acids is 1. The van der Waals surface area contributed by atoms with E-state index in [9.17, 15) is 20.0 Å². The van der Waals surface area contributed by atoms with Crippen LogP contribution in [0.3, 0.4) is 0 Å². The van der Waals surface area contributed by atoms with Crippen LogP contribution in [0.5, 0.6) is 0 Å². The minimum Gasteiger partial charge on any atom is -0.478 e. The molecule has 0 aliphatic carbocycles. The van der Waals surface area contributed by atoms with Crippen LogP contribution < -0.4 is 5.32 Å². The zero-order valence-corrected chi connectivity index (χ0v) is 15.3. The Morgan fingerprint density at radius 3 is 2.48 bits per heavy atom. The van der Waals surface area contributed by atoms with Gasteiger partial charge < -0.3 is 10.4 Å². The van der Waals surface area contributed by atoms with Crippen molar-refractivity contribution in [2.75, 3.05) is 0 Å². The Labute approximate surface area is 160 Å². The molecule has 5 nitrogen and oxygen atoms in total. The molecule has 27 heavy (non-hydrogen) atoms. The lowest BCUT2D eigenvalue weighted by Crippen LogP contribution is -2.26. The monoisotopic (exact) mass is 376 g/mol. The number of carbonyl (C=O) groups is 2. The number of hydrogen-bond donors (Lipinski definition) is 2. The van der Waals surface area contributed by atoms with Gasteiger partial charge in [-0.25, -0.2) is 4.79 Å². The number of nitriles is 1. The predicted octanol–water partition coefficient (Wildman–Crippen LogP) is 4.48. The van der Waals surface area contributed by atoms with Gasteiger partial charge in [-0.3, -0.25) is 4.79 Å². The fourth-order valence-electron chi connectivity index (χ4n) is 2.77. The zero-order chi connectivity index (χ0) is 19.4. The number of thiophene rings is 1. The van der Waals surface area contributed by atoms with E-state index in [1.807, 2.05) is 37.3 Å². The Bertz CT molecular complexity index is 1040. The van der Waals surface area contributed by atoms with Crippen molar-refractivity contribution in [1.82, 2.24) is 5.32 Å². The fraction of sp³-hybridized carbons (Fsp3) is 0.0952. The van der Waals surface area contributed by atoms with Crippen LogP contribution in [0.25, 0.3) is 11.1 Å². The van der Waals surface area contributed by atoms with Crippen LogP contribution in [0, 0.1) is 11.3 Å². The molecule has 1 aromatic heterocycles. The number of carboxylic acids is 1. The summed E-state index contributed by atoms with van der Waals surface area (Å²) in [6.07, 6.45) is 0. The topological polar surface area (TPSA) is 90.2 Å². The van der Waals surface area contributed by atoms with Crippen molar-refractivity contribution in [3.63, 3.8) is 0 Å². The first-order chi connectivity index (χ1) is 13.0. The third-order valence-electron chi connectivity index (χ3n) is 4.17. The summed E-state index contributed by atoms with van der Waals surface area (Å²) in [4.78, 5) is 24.7. The molecule has 0 aliphatic heterocycles. The van der Waals surface area contributed by atoms with E-state index in [4.69, 9.17) is 0 Å². The number of benzene rings is 2. The second-order valence-electron chi connectivity index (χ2n) is 5.99. The van der Waals surface area contributed by atoms with Crippen molar-refractivity contribution < 1.29 is 14.7 Å². The number of rotatable bonds is 5. The number of nitrogens with zero attached hydrogens (tertiary/aromatic N) is 1. The van der Waals surface area contributed by atoms with E-state index in [-0.39, 0.29) is 23.1 Å². The third kappa shape index (κ3) is 4.05. The lowest BCUT2D eigenvalue weighted by molar-refractivity contribution is 0.0697. The SMILES string of the molecule is C[C@@H](NC(=O)c1cc(C(=O)O)cc(-c2ccsc2C#N)c1)c1ccccc1. The number of amides is 1. The summed E-state index contributed by atoms with van der Waals surface area (Å²) in [6, 6.07) is 17.5. The smallest absolute Gasteiger partial charge is 0.335 e. The molecule has 6 heteroatoms. The highest BCUT2D eigenvalue weighted by Crippen LogP contribution is 2.29. The molecule has 1 atom stereocenters. The molecule has 0 bridgehead atoms. The quantitative estimate of drug-likeness (QED) is 0.687. The van der Waals surface area contributed by atoms with E-state index in [0.717, 1.165) is 5.56 Å². The van der Waals surface area contributed by atoms with E-state index in [0.29, 0.717) is 16.0 Å². The van der Waals surface area contributed by atoms with Crippen LogP contribution in [-0.4, -0.2) is 17.0 Å². The Morgan fingerprint density at radius 2 is 1.81 bits per heavy atom. The third-order valence-corrected chi connectivity index (χ3v) is 4.99. The Hall–Kier alpha value is -3.43. The van der Waals surface area contributed by atoms with Crippen molar-refractivity contribution >= 4 is 23.2 Å². The van der Waals surface area contributed by atoms with Gasteiger partial charge in [-0.2, -0.15) is 5.26 Å². The summed E-state index contributed by atoms with van der Waals surface area (Å²) in [7, 11) is 0. The molecule has 0 saturated carbocycles. The molecule has 134 valence electrons. The van der Waals surface area contributed by atoms with Gasteiger partial charge in [0.05, 0.1) is 11.6 Å². The van der Waals surface area contributed by atoms with Gasteiger partial charge in [0.1, 0.15) is 10.9 Å². The normalized spacial score (nSPS) is 11.4. The van der Waals surface area contributed by atoms with Crippen molar-refractivity contribution in [1.29, 1.82) is 5.26 Å². The second kappa shape index (κ2) is 7.85. The van der Waals surface area contributed by atoms with Crippen LogP contribution >= 0.6 is 11.3 Å². The zero-order valence-electron chi connectivity index (χ0n) is 14.5. The van der Waals surface area contributed by atoms with E-state index < -0.39 is 5.97 Å². The van der Waals surface area contributed by atoms with Gasteiger partial charge >= 0.3 is 5.97 Å². The Kier molecular flexibility index (Phi) is 5.34. The summed E-state index contributed by atoms with van der Waals surface area (Å²) >= 11 is 1.27. The first-order valence-electron chi connectivity index (χ1n) is 8.21. The molecule has 0 aliphatic rings. The largest absolute Gasteiger partial charge is 0.478 e. The average Bonchev–Trinajstić information content (AvgIpc) is 3.17. The van der Waals surface area contributed by atoms with Gasteiger partial charge in [-0.15, -0.1) is 11.3 Å². The molecule has 3 rings (SSSR count). The number of hydrogen-bond acceptors (Lipinski definition) is 4. The lowest BCUT2D eigenvalue weighted by Gasteiger charge is -2.15. The molecule has 0 fully saturated rings. The van der Waals surface area contributed by atoms with Crippen LogP contribution in [0.1, 0.15) is 44.1 Å². The highest BCUT2D eigenvalue weighted by Gasteiger charge is 2.17. The van der Waals surface area contributed by atoms with E-state index in [1.165, 1.54) is 23.5 Å². The highest BCUT2D eigenvalue weighted by atomic mass is 32.1. The van der Waals surface area contributed by atoms with Crippen LogP contribution in [0.4, 0.5) is 0 Å². The maximum absolute atomic E-state index is 12.7.